The number of carbonyl (C=O) groups is 1. The van der Waals surface area contributed by atoms with Gasteiger partial charge >= 0.3 is 0 Å². The highest BCUT2D eigenvalue weighted by Gasteiger charge is 1.96. The number of aliphatic hydroxyl groups excluding tert-OH is 1. The van der Waals surface area contributed by atoms with E-state index >= 15 is 0 Å². The second-order valence-corrected chi connectivity index (χ2v) is 2.64. The third-order valence-corrected chi connectivity index (χ3v) is 0.994. The summed E-state index contributed by atoms with van der Waals surface area (Å²) in [6.45, 7) is 6.71. The summed E-state index contributed by atoms with van der Waals surface area (Å²) in [4.78, 5) is 9.98. The highest BCUT2D eigenvalue weighted by molar-refractivity contribution is 9.11. The first-order valence-electron chi connectivity index (χ1n) is 2.47. The van der Waals surface area contributed by atoms with Crippen LogP contribution in [0, 0.1) is 0 Å². The average molecular weight is 203 g/mol. The molecule has 0 heterocycles. The molecule has 1 N–H and O–H groups in total. The fourth-order valence-electron chi connectivity index (χ4n) is 0.301. The van der Waals surface area contributed by atoms with Gasteiger partial charge in [0.2, 0.25) is 0 Å². The number of rotatable bonds is 3. The molecule has 0 radical (unpaired) electrons. The maximum Gasteiger partial charge on any atom is 0.153 e. The number of aliphatic hydroxyl groups is 1. The number of allylic oxidation sites excluding steroid dienone is 3. The third kappa shape index (κ3) is 3.25. The minimum Gasteiger partial charge on any atom is -0.507 e. The van der Waals surface area contributed by atoms with Gasteiger partial charge in [0.05, 0.1) is 0 Å². The topological polar surface area (TPSA) is 37.3 Å². The van der Waals surface area contributed by atoms with Gasteiger partial charge in [-0.2, -0.15) is 0 Å². The minimum atomic E-state index is -0.170. The molecule has 54 valence electrons. The fourth-order valence-corrected chi connectivity index (χ4v) is 0.518. The first kappa shape index (κ1) is 9.17. The molecule has 0 spiro atoms. The van der Waals surface area contributed by atoms with Crippen molar-refractivity contribution in [1.29, 1.82) is 0 Å². The second-order valence-electron chi connectivity index (χ2n) is 1.62. The van der Waals surface area contributed by atoms with Crippen molar-refractivity contribution in [2.75, 3.05) is 0 Å². The number of carbonyl (C=O) groups excluding carboxylic acids is 1. The van der Waals surface area contributed by atoms with Gasteiger partial charge in [-0.15, -0.1) is 0 Å². The molecule has 0 atom stereocenters. The molecule has 3 heteroatoms. The van der Waals surface area contributed by atoms with Gasteiger partial charge in [-0.25, -0.2) is 0 Å². The Kier molecular flexibility index (Phi) is 3.72. The lowest BCUT2D eigenvalue weighted by molar-refractivity contribution is -0.104. The average Bonchev–Trinajstić information content (AvgIpc) is 1.85. The number of aldehydes is 1. The van der Waals surface area contributed by atoms with Crippen molar-refractivity contribution in [3.05, 3.63) is 35.0 Å². The SMILES string of the molecule is C=C(Br)/C=C(/O)C(=C)C=O. The van der Waals surface area contributed by atoms with E-state index in [4.69, 9.17) is 5.11 Å². The molecule has 0 fully saturated rings. The van der Waals surface area contributed by atoms with Gasteiger partial charge in [-0.1, -0.05) is 29.1 Å². The van der Waals surface area contributed by atoms with Crippen LogP contribution in [-0.4, -0.2) is 11.4 Å². The van der Waals surface area contributed by atoms with Crippen LogP contribution in [0.2, 0.25) is 0 Å². The molecule has 0 aromatic carbocycles. The van der Waals surface area contributed by atoms with E-state index in [2.05, 4.69) is 29.1 Å². The monoisotopic (exact) mass is 202 g/mol. The summed E-state index contributed by atoms with van der Waals surface area (Å²) in [5.41, 5.74) is 0.0422. The van der Waals surface area contributed by atoms with E-state index in [9.17, 15) is 4.79 Å². The molecule has 0 bridgehead atoms. The van der Waals surface area contributed by atoms with Crippen LogP contribution in [0.1, 0.15) is 0 Å². The largest absolute Gasteiger partial charge is 0.507 e. The van der Waals surface area contributed by atoms with E-state index in [0.29, 0.717) is 10.8 Å². The minimum absolute atomic E-state index is 0.0422. The zero-order valence-electron chi connectivity index (χ0n) is 5.30. The molecule has 0 aliphatic rings. The van der Waals surface area contributed by atoms with Crippen LogP contribution >= 0.6 is 15.9 Å². The summed E-state index contributed by atoms with van der Waals surface area (Å²) in [7, 11) is 0. The molecule has 10 heavy (non-hydrogen) atoms. The summed E-state index contributed by atoms with van der Waals surface area (Å²) >= 11 is 2.98. The molecule has 0 aliphatic heterocycles. The van der Waals surface area contributed by atoms with Gasteiger partial charge in [-0.05, 0) is 6.08 Å². The lowest BCUT2D eigenvalue weighted by Crippen LogP contribution is -1.86. The molecule has 0 saturated carbocycles. The summed E-state index contributed by atoms with van der Waals surface area (Å²) in [6.07, 6.45) is 1.78. The highest BCUT2D eigenvalue weighted by atomic mass is 79.9. The van der Waals surface area contributed by atoms with E-state index in [1.165, 1.54) is 6.08 Å². The molecular weight excluding hydrogens is 196 g/mol. The summed E-state index contributed by atoms with van der Waals surface area (Å²) in [5, 5.41) is 8.93. The Bertz CT molecular complexity index is 204. The van der Waals surface area contributed by atoms with E-state index in [1.807, 2.05) is 0 Å². The summed E-state index contributed by atoms with van der Waals surface area (Å²) in [6, 6.07) is 0. The zero-order chi connectivity index (χ0) is 8.15. The van der Waals surface area contributed by atoms with Crippen LogP contribution in [0.15, 0.2) is 35.0 Å². The maximum atomic E-state index is 9.98. The Morgan fingerprint density at radius 2 is 2.00 bits per heavy atom. The van der Waals surface area contributed by atoms with E-state index in [0.717, 1.165) is 0 Å². The highest BCUT2D eigenvalue weighted by Crippen LogP contribution is 2.08. The predicted molar refractivity (Wildman–Crippen MR) is 44.0 cm³/mol. The normalized spacial score (nSPS) is 10.7. The Labute approximate surface area is 67.7 Å². The fraction of sp³-hybridized carbons (Fsp3) is 0. The molecule has 0 saturated heterocycles. The van der Waals surface area contributed by atoms with Crippen molar-refractivity contribution < 1.29 is 9.90 Å². The van der Waals surface area contributed by atoms with Gasteiger partial charge in [0.15, 0.2) is 6.29 Å². The maximum absolute atomic E-state index is 9.98. The van der Waals surface area contributed by atoms with Crippen LogP contribution in [0.5, 0.6) is 0 Å². The molecule has 0 amide bonds. The quantitative estimate of drug-likeness (QED) is 0.330. The summed E-state index contributed by atoms with van der Waals surface area (Å²) in [5.74, 6) is -0.170. The molecule has 2 nitrogen and oxygen atoms in total. The lowest BCUT2D eigenvalue weighted by atomic mass is 10.2. The van der Waals surface area contributed by atoms with Gasteiger partial charge in [-0.3, -0.25) is 4.79 Å². The van der Waals surface area contributed by atoms with Crippen molar-refractivity contribution in [2.24, 2.45) is 0 Å². The van der Waals surface area contributed by atoms with Crippen LogP contribution in [0.25, 0.3) is 0 Å². The van der Waals surface area contributed by atoms with Crippen LogP contribution in [0.3, 0.4) is 0 Å². The van der Waals surface area contributed by atoms with Crippen LogP contribution in [0.4, 0.5) is 0 Å². The number of hydrogen-bond acceptors (Lipinski definition) is 2. The number of hydrogen-bond donors (Lipinski definition) is 1. The third-order valence-electron chi connectivity index (χ3n) is 0.765. The standard InChI is InChI=1S/C7H7BrO2/c1-5(4-9)7(10)3-6(2)8/h3-4,10H,1-2H2/b7-3+. The molecule has 0 aromatic heterocycles. The Morgan fingerprint density at radius 3 is 2.30 bits per heavy atom. The van der Waals surface area contributed by atoms with Gasteiger partial charge < -0.3 is 5.11 Å². The van der Waals surface area contributed by atoms with Crippen molar-refractivity contribution in [2.45, 2.75) is 0 Å². The van der Waals surface area contributed by atoms with Crippen molar-refractivity contribution in [1.82, 2.24) is 0 Å². The van der Waals surface area contributed by atoms with Crippen LogP contribution in [-0.2, 0) is 4.79 Å². The molecule has 0 rings (SSSR count). The zero-order valence-corrected chi connectivity index (χ0v) is 6.89. The number of halogens is 1. The Hall–Kier alpha value is -0.830. The van der Waals surface area contributed by atoms with E-state index < -0.39 is 0 Å². The molecule has 0 unspecified atom stereocenters. The first-order chi connectivity index (χ1) is 4.57. The van der Waals surface area contributed by atoms with E-state index in [-0.39, 0.29) is 11.3 Å². The van der Waals surface area contributed by atoms with Crippen molar-refractivity contribution in [3.63, 3.8) is 0 Å². The first-order valence-corrected chi connectivity index (χ1v) is 3.26. The van der Waals surface area contributed by atoms with Crippen molar-refractivity contribution in [3.8, 4) is 0 Å². The smallest absolute Gasteiger partial charge is 0.153 e. The van der Waals surface area contributed by atoms with E-state index in [1.54, 1.807) is 0 Å². The lowest BCUT2D eigenvalue weighted by Gasteiger charge is -1.93. The Balaban J connectivity index is 4.33. The van der Waals surface area contributed by atoms with Crippen LogP contribution < -0.4 is 0 Å². The predicted octanol–water partition coefficient (Wildman–Crippen LogP) is 2.09. The molecular formula is C7H7BrO2. The van der Waals surface area contributed by atoms with Gasteiger partial charge in [0.1, 0.15) is 5.76 Å². The van der Waals surface area contributed by atoms with Gasteiger partial charge in [0, 0.05) is 10.1 Å². The molecule has 0 aromatic rings. The molecule has 0 aliphatic carbocycles. The van der Waals surface area contributed by atoms with Crippen molar-refractivity contribution >= 4 is 22.2 Å². The van der Waals surface area contributed by atoms with Gasteiger partial charge in [0.25, 0.3) is 0 Å². The summed E-state index contributed by atoms with van der Waals surface area (Å²) < 4.78 is 0.494. The second kappa shape index (κ2) is 4.06. The Morgan fingerprint density at radius 1 is 1.50 bits per heavy atom.